The minimum Gasteiger partial charge on any atom is -0.465 e. The Morgan fingerprint density at radius 1 is 1.43 bits per heavy atom. The second kappa shape index (κ2) is 5.02. The number of anilines is 1. The summed E-state index contributed by atoms with van der Waals surface area (Å²) in [6.45, 7) is 6.05. The highest BCUT2D eigenvalue weighted by molar-refractivity contribution is 5.88. The molecule has 2 unspecified atom stereocenters. The molecule has 2 fully saturated rings. The van der Waals surface area contributed by atoms with Crippen LogP contribution >= 0.6 is 0 Å². The summed E-state index contributed by atoms with van der Waals surface area (Å²) >= 11 is 0. The average Bonchev–Trinajstić information content (AvgIpc) is 2.88. The van der Waals surface area contributed by atoms with Crippen molar-refractivity contribution in [2.24, 2.45) is 11.3 Å². The highest BCUT2D eigenvalue weighted by Gasteiger charge is 2.55. The van der Waals surface area contributed by atoms with Crippen LogP contribution in [0.3, 0.4) is 0 Å². The molecule has 1 saturated heterocycles. The van der Waals surface area contributed by atoms with Crippen LogP contribution in [0.1, 0.15) is 25.3 Å². The molecule has 4 heteroatoms. The van der Waals surface area contributed by atoms with Crippen molar-refractivity contribution in [1.82, 2.24) is 0 Å². The number of amides is 1. The minimum atomic E-state index is -0.424. The lowest BCUT2D eigenvalue weighted by molar-refractivity contribution is -0.146. The summed E-state index contributed by atoms with van der Waals surface area (Å²) < 4.78 is 5.28. The molecule has 2 aliphatic rings. The van der Waals surface area contributed by atoms with E-state index in [0.29, 0.717) is 13.0 Å². The predicted octanol–water partition coefficient (Wildman–Crippen LogP) is 2.70. The molecule has 2 atom stereocenters. The van der Waals surface area contributed by atoms with Gasteiger partial charge in [0.25, 0.3) is 0 Å². The Morgan fingerprint density at radius 2 is 2.14 bits per heavy atom. The lowest BCUT2D eigenvalue weighted by Crippen LogP contribution is -2.31. The number of fused-ring (bicyclic) bond motifs is 1. The van der Waals surface area contributed by atoms with Gasteiger partial charge < -0.3 is 10.1 Å². The van der Waals surface area contributed by atoms with E-state index in [4.69, 9.17) is 4.74 Å². The van der Waals surface area contributed by atoms with E-state index in [1.165, 1.54) is 6.92 Å². The number of benzene rings is 1. The van der Waals surface area contributed by atoms with Crippen molar-refractivity contribution in [1.29, 1.82) is 0 Å². The summed E-state index contributed by atoms with van der Waals surface area (Å²) in [6.07, 6.45) is 2.29. The number of carbonyl (C=O) groups is 2. The Bertz CT molecular complexity index is 605. The highest BCUT2D eigenvalue weighted by Crippen LogP contribution is 2.52. The maximum absolute atomic E-state index is 12.2. The van der Waals surface area contributed by atoms with Crippen molar-refractivity contribution >= 4 is 17.6 Å². The number of ether oxygens (including phenoxy) is 1. The smallest absolute Gasteiger partial charge is 0.313 e. The molecule has 0 radical (unpaired) electrons. The van der Waals surface area contributed by atoms with Crippen LogP contribution in [0.25, 0.3) is 0 Å². The molecule has 1 aromatic rings. The molecule has 4 nitrogen and oxygen atoms in total. The predicted molar refractivity (Wildman–Crippen MR) is 79.7 cm³/mol. The molecular formula is C17H19NO3. The summed E-state index contributed by atoms with van der Waals surface area (Å²) in [5.41, 5.74) is 2.58. The van der Waals surface area contributed by atoms with Crippen molar-refractivity contribution in [2.45, 2.75) is 26.2 Å². The van der Waals surface area contributed by atoms with Gasteiger partial charge in [-0.3, -0.25) is 9.59 Å². The van der Waals surface area contributed by atoms with Gasteiger partial charge in [0, 0.05) is 18.5 Å². The van der Waals surface area contributed by atoms with Crippen LogP contribution in [-0.4, -0.2) is 18.5 Å². The Morgan fingerprint density at radius 3 is 2.81 bits per heavy atom. The Kier molecular flexibility index (Phi) is 3.32. The van der Waals surface area contributed by atoms with E-state index in [9.17, 15) is 9.59 Å². The van der Waals surface area contributed by atoms with Crippen molar-refractivity contribution < 1.29 is 14.3 Å². The van der Waals surface area contributed by atoms with Gasteiger partial charge >= 0.3 is 5.97 Å². The molecule has 1 N–H and O–H groups in total. The molecule has 1 amide bonds. The second-order valence-electron chi connectivity index (χ2n) is 6.14. The first-order valence-corrected chi connectivity index (χ1v) is 7.20. The van der Waals surface area contributed by atoms with E-state index in [1.807, 2.05) is 24.3 Å². The van der Waals surface area contributed by atoms with E-state index >= 15 is 0 Å². The number of cyclic esters (lactones) is 1. The van der Waals surface area contributed by atoms with Crippen molar-refractivity contribution in [3.63, 3.8) is 0 Å². The lowest BCUT2D eigenvalue weighted by Gasteiger charge is -2.24. The van der Waals surface area contributed by atoms with Crippen LogP contribution in [0.5, 0.6) is 0 Å². The summed E-state index contributed by atoms with van der Waals surface area (Å²) in [6, 6.07) is 7.66. The quantitative estimate of drug-likeness (QED) is 0.686. The lowest BCUT2D eigenvalue weighted by atomic mass is 9.75. The molecule has 1 saturated carbocycles. The Hall–Kier alpha value is -2.10. The third kappa shape index (κ3) is 2.46. The Balaban J connectivity index is 1.80. The first kappa shape index (κ1) is 13.9. The monoisotopic (exact) mass is 285 g/mol. The van der Waals surface area contributed by atoms with E-state index < -0.39 is 5.41 Å². The fraction of sp³-hybridized carbons (Fsp3) is 0.412. The fourth-order valence-electron chi connectivity index (χ4n) is 3.54. The van der Waals surface area contributed by atoms with Gasteiger partial charge in [-0.25, -0.2) is 0 Å². The summed E-state index contributed by atoms with van der Waals surface area (Å²) in [5.74, 6) is 0.0810. The second-order valence-corrected chi connectivity index (χ2v) is 6.14. The SMILES string of the molecule is C=C1CC2COC(=O)C2(Cc2ccc(NC(C)=O)cc2)C1. The molecule has 1 aromatic carbocycles. The third-order valence-electron chi connectivity index (χ3n) is 4.50. The number of nitrogens with one attached hydrogen (secondary N) is 1. The van der Waals surface area contributed by atoms with Gasteiger partial charge in [0.05, 0.1) is 12.0 Å². The zero-order valence-corrected chi connectivity index (χ0v) is 12.1. The van der Waals surface area contributed by atoms with Crippen LogP contribution in [0, 0.1) is 11.3 Å². The van der Waals surface area contributed by atoms with Gasteiger partial charge in [-0.15, -0.1) is 0 Å². The number of carbonyl (C=O) groups excluding carboxylic acids is 2. The zero-order chi connectivity index (χ0) is 15.0. The molecule has 3 rings (SSSR count). The molecule has 110 valence electrons. The number of hydrogen-bond acceptors (Lipinski definition) is 3. The van der Waals surface area contributed by atoms with Gasteiger partial charge in [-0.1, -0.05) is 24.3 Å². The van der Waals surface area contributed by atoms with Gasteiger partial charge in [0.15, 0.2) is 0 Å². The fourth-order valence-corrected chi connectivity index (χ4v) is 3.54. The van der Waals surface area contributed by atoms with Crippen LogP contribution < -0.4 is 5.32 Å². The standard InChI is InChI=1S/C17H19NO3/c1-11-7-14-10-21-16(20)17(14,8-11)9-13-3-5-15(6-4-13)18-12(2)19/h3-6,14H,1,7-10H2,2H3,(H,18,19). The highest BCUT2D eigenvalue weighted by atomic mass is 16.5. The van der Waals surface area contributed by atoms with E-state index in [2.05, 4.69) is 11.9 Å². The van der Waals surface area contributed by atoms with Crippen LogP contribution in [0.15, 0.2) is 36.4 Å². The first-order chi connectivity index (χ1) is 9.99. The van der Waals surface area contributed by atoms with Crippen LogP contribution in [0.4, 0.5) is 5.69 Å². The largest absolute Gasteiger partial charge is 0.465 e. The maximum Gasteiger partial charge on any atom is 0.313 e. The van der Waals surface area contributed by atoms with E-state index in [1.54, 1.807) is 0 Å². The molecule has 1 aliphatic heterocycles. The maximum atomic E-state index is 12.2. The molecular weight excluding hydrogens is 266 g/mol. The van der Waals surface area contributed by atoms with E-state index in [-0.39, 0.29) is 17.8 Å². The average molecular weight is 285 g/mol. The minimum absolute atomic E-state index is 0.0860. The molecule has 0 spiro atoms. The first-order valence-electron chi connectivity index (χ1n) is 7.20. The molecule has 0 aromatic heterocycles. The number of hydrogen-bond donors (Lipinski definition) is 1. The summed E-state index contributed by atoms with van der Waals surface area (Å²) in [4.78, 5) is 23.2. The van der Waals surface area contributed by atoms with Gasteiger partial charge in [-0.2, -0.15) is 0 Å². The van der Waals surface area contributed by atoms with Crippen molar-refractivity contribution in [3.05, 3.63) is 42.0 Å². The van der Waals surface area contributed by atoms with Crippen molar-refractivity contribution in [3.8, 4) is 0 Å². The number of allylic oxidation sites excluding steroid dienone is 1. The number of esters is 1. The zero-order valence-electron chi connectivity index (χ0n) is 12.1. The Labute approximate surface area is 124 Å². The van der Waals surface area contributed by atoms with Crippen LogP contribution in [-0.2, 0) is 20.7 Å². The molecule has 1 aliphatic carbocycles. The molecule has 0 bridgehead atoms. The normalized spacial score (nSPS) is 27.4. The topological polar surface area (TPSA) is 55.4 Å². The van der Waals surface area contributed by atoms with E-state index in [0.717, 1.165) is 29.7 Å². The molecule has 21 heavy (non-hydrogen) atoms. The van der Waals surface area contributed by atoms with Gasteiger partial charge in [0.2, 0.25) is 5.91 Å². The third-order valence-corrected chi connectivity index (χ3v) is 4.50. The summed E-state index contributed by atoms with van der Waals surface area (Å²) in [5, 5.41) is 2.74. The van der Waals surface area contributed by atoms with Crippen molar-refractivity contribution in [2.75, 3.05) is 11.9 Å². The number of rotatable bonds is 3. The van der Waals surface area contributed by atoms with Gasteiger partial charge in [-0.05, 0) is 37.0 Å². The summed E-state index contributed by atoms with van der Waals surface area (Å²) in [7, 11) is 0. The van der Waals surface area contributed by atoms with Gasteiger partial charge in [0.1, 0.15) is 0 Å². The molecule has 1 heterocycles. The van der Waals surface area contributed by atoms with Crippen LogP contribution in [0.2, 0.25) is 0 Å².